The average Bonchev–Trinajstić information content (AvgIpc) is 3.08. The molecule has 1 aliphatic heterocycles. The zero-order chi connectivity index (χ0) is 13.8. The Morgan fingerprint density at radius 2 is 2.10 bits per heavy atom. The molecule has 20 heavy (non-hydrogen) atoms. The van der Waals surface area contributed by atoms with Crippen LogP contribution in [0.4, 0.5) is 0 Å². The highest BCUT2D eigenvalue weighted by Gasteiger charge is 2.22. The third kappa shape index (κ3) is 3.43. The lowest BCUT2D eigenvalue weighted by Crippen LogP contribution is -2.21. The zero-order valence-electron chi connectivity index (χ0n) is 11.4. The number of hydrogen-bond acceptors (Lipinski definition) is 5. The first-order chi connectivity index (χ1) is 9.79. The molecule has 0 spiro atoms. The van der Waals surface area contributed by atoms with E-state index in [1.807, 2.05) is 18.2 Å². The van der Waals surface area contributed by atoms with E-state index >= 15 is 0 Å². The molecule has 2 aromatic rings. The standard InChI is InChI=1S/C15H19N3O2/c19-13-8-9-18(10-13)11-15-16-14(17-20-15)7-6-12-4-2-1-3-5-12/h1-5,13,19H,6-11H2/t13-/m0/s1. The number of β-amino-alcohol motifs (C(OH)–C–C–N with tert-alkyl or cyclic N) is 1. The minimum Gasteiger partial charge on any atom is -0.392 e. The quantitative estimate of drug-likeness (QED) is 0.892. The van der Waals surface area contributed by atoms with Gasteiger partial charge in [-0.1, -0.05) is 35.5 Å². The van der Waals surface area contributed by atoms with Crippen molar-refractivity contribution in [2.75, 3.05) is 13.1 Å². The van der Waals surface area contributed by atoms with Gasteiger partial charge in [0.1, 0.15) is 0 Å². The van der Waals surface area contributed by atoms with Gasteiger partial charge in [-0.05, 0) is 18.4 Å². The lowest BCUT2D eigenvalue weighted by molar-refractivity contribution is 0.169. The van der Waals surface area contributed by atoms with Crippen LogP contribution in [0.3, 0.4) is 0 Å². The van der Waals surface area contributed by atoms with Crippen LogP contribution in [0, 0.1) is 0 Å². The summed E-state index contributed by atoms with van der Waals surface area (Å²) < 4.78 is 5.27. The molecule has 1 atom stereocenters. The van der Waals surface area contributed by atoms with Gasteiger partial charge >= 0.3 is 0 Å². The van der Waals surface area contributed by atoms with Gasteiger partial charge in [-0.15, -0.1) is 0 Å². The molecule has 5 heteroatoms. The van der Waals surface area contributed by atoms with Crippen LogP contribution in [0.25, 0.3) is 0 Å². The number of aromatic nitrogens is 2. The van der Waals surface area contributed by atoms with Crippen LogP contribution in [0.2, 0.25) is 0 Å². The highest BCUT2D eigenvalue weighted by molar-refractivity contribution is 5.15. The van der Waals surface area contributed by atoms with Crippen LogP contribution in [-0.4, -0.2) is 39.3 Å². The molecular weight excluding hydrogens is 254 g/mol. The van der Waals surface area contributed by atoms with E-state index in [0.717, 1.165) is 31.6 Å². The van der Waals surface area contributed by atoms with E-state index in [4.69, 9.17) is 4.52 Å². The van der Waals surface area contributed by atoms with Gasteiger partial charge in [0, 0.05) is 19.5 Å². The minimum absolute atomic E-state index is 0.213. The Labute approximate surface area is 118 Å². The van der Waals surface area contributed by atoms with Crippen LogP contribution in [-0.2, 0) is 19.4 Å². The highest BCUT2D eigenvalue weighted by Crippen LogP contribution is 2.12. The van der Waals surface area contributed by atoms with E-state index in [-0.39, 0.29) is 6.10 Å². The molecule has 1 saturated heterocycles. The second-order valence-electron chi connectivity index (χ2n) is 5.27. The van der Waals surface area contributed by atoms with E-state index in [2.05, 4.69) is 27.2 Å². The predicted octanol–water partition coefficient (Wildman–Crippen LogP) is 1.42. The van der Waals surface area contributed by atoms with E-state index in [0.29, 0.717) is 19.0 Å². The molecule has 1 fully saturated rings. The Morgan fingerprint density at radius 3 is 2.85 bits per heavy atom. The Bertz CT molecular complexity index is 541. The van der Waals surface area contributed by atoms with Gasteiger partial charge in [-0.3, -0.25) is 4.90 Å². The van der Waals surface area contributed by atoms with Crippen LogP contribution < -0.4 is 0 Å². The number of rotatable bonds is 5. The van der Waals surface area contributed by atoms with Gasteiger partial charge in [0.15, 0.2) is 5.82 Å². The summed E-state index contributed by atoms with van der Waals surface area (Å²) in [5, 5.41) is 13.5. The Hall–Kier alpha value is -1.72. The van der Waals surface area contributed by atoms with Crippen molar-refractivity contribution in [3.63, 3.8) is 0 Å². The van der Waals surface area contributed by atoms with Crippen LogP contribution >= 0.6 is 0 Å². The maximum Gasteiger partial charge on any atom is 0.240 e. The first-order valence-electron chi connectivity index (χ1n) is 7.05. The second kappa shape index (κ2) is 6.15. The summed E-state index contributed by atoms with van der Waals surface area (Å²) >= 11 is 0. The van der Waals surface area contributed by atoms with E-state index in [9.17, 15) is 5.11 Å². The maximum absolute atomic E-state index is 9.48. The summed E-state index contributed by atoms with van der Waals surface area (Å²) in [6.07, 6.45) is 2.32. The zero-order valence-corrected chi connectivity index (χ0v) is 11.4. The third-order valence-corrected chi connectivity index (χ3v) is 3.60. The van der Waals surface area contributed by atoms with Gasteiger partial charge in [0.25, 0.3) is 0 Å². The molecule has 1 aromatic carbocycles. The van der Waals surface area contributed by atoms with Crippen molar-refractivity contribution >= 4 is 0 Å². The molecule has 0 radical (unpaired) electrons. The normalized spacial score (nSPS) is 19.6. The Balaban J connectivity index is 1.52. The van der Waals surface area contributed by atoms with Crippen molar-refractivity contribution in [2.24, 2.45) is 0 Å². The Morgan fingerprint density at radius 1 is 1.25 bits per heavy atom. The second-order valence-corrected chi connectivity index (χ2v) is 5.27. The first kappa shape index (κ1) is 13.3. The lowest BCUT2D eigenvalue weighted by atomic mass is 10.1. The van der Waals surface area contributed by atoms with Gasteiger partial charge in [0.2, 0.25) is 5.89 Å². The summed E-state index contributed by atoms with van der Waals surface area (Å²) in [6, 6.07) is 10.3. The monoisotopic (exact) mass is 273 g/mol. The molecule has 2 heterocycles. The third-order valence-electron chi connectivity index (χ3n) is 3.60. The fraction of sp³-hybridized carbons (Fsp3) is 0.467. The minimum atomic E-state index is -0.213. The van der Waals surface area contributed by atoms with Crippen molar-refractivity contribution in [1.82, 2.24) is 15.0 Å². The molecule has 0 aliphatic carbocycles. The molecular formula is C15H19N3O2. The highest BCUT2D eigenvalue weighted by atomic mass is 16.5. The van der Waals surface area contributed by atoms with Crippen LogP contribution in [0.15, 0.2) is 34.9 Å². The number of aryl methyl sites for hydroxylation is 2. The largest absolute Gasteiger partial charge is 0.392 e. The summed E-state index contributed by atoms with van der Waals surface area (Å²) in [6.45, 7) is 2.22. The summed E-state index contributed by atoms with van der Waals surface area (Å²) in [4.78, 5) is 6.55. The van der Waals surface area contributed by atoms with Crippen LogP contribution in [0.5, 0.6) is 0 Å². The SMILES string of the molecule is O[C@H]1CCN(Cc2nc(CCc3ccccc3)no2)C1. The molecule has 1 aromatic heterocycles. The average molecular weight is 273 g/mol. The molecule has 0 amide bonds. The summed E-state index contributed by atoms with van der Waals surface area (Å²) in [5.41, 5.74) is 1.28. The molecule has 0 unspecified atom stereocenters. The first-order valence-corrected chi connectivity index (χ1v) is 7.05. The number of hydrogen-bond donors (Lipinski definition) is 1. The predicted molar refractivity (Wildman–Crippen MR) is 74.0 cm³/mol. The van der Waals surface area contributed by atoms with Gasteiger partial charge in [-0.2, -0.15) is 4.98 Å². The van der Waals surface area contributed by atoms with E-state index in [1.54, 1.807) is 0 Å². The van der Waals surface area contributed by atoms with Crippen molar-refractivity contribution in [3.05, 3.63) is 47.6 Å². The maximum atomic E-state index is 9.48. The van der Waals surface area contributed by atoms with Crippen molar-refractivity contribution in [3.8, 4) is 0 Å². The number of aliphatic hydroxyl groups is 1. The van der Waals surface area contributed by atoms with Crippen molar-refractivity contribution in [2.45, 2.75) is 31.9 Å². The number of benzene rings is 1. The number of likely N-dealkylation sites (tertiary alicyclic amines) is 1. The topological polar surface area (TPSA) is 62.4 Å². The fourth-order valence-corrected chi connectivity index (χ4v) is 2.50. The number of aliphatic hydroxyl groups excluding tert-OH is 1. The molecule has 5 nitrogen and oxygen atoms in total. The molecule has 0 bridgehead atoms. The number of nitrogens with zero attached hydrogens (tertiary/aromatic N) is 3. The van der Waals surface area contributed by atoms with E-state index < -0.39 is 0 Å². The fourth-order valence-electron chi connectivity index (χ4n) is 2.50. The van der Waals surface area contributed by atoms with Gasteiger partial charge in [0.05, 0.1) is 12.6 Å². The molecule has 106 valence electrons. The van der Waals surface area contributed by atoms with Crippen LogP contribution in [0.1, 0.15) is 23.7 Å². The molecule has 0 saturated carbocycles. The Kier molecular flexibility index (Phi) is 4.08. The smallest absolute Gasteiger partial charge is 0.240 e. The van der Waals surface area contributed by atoms with E-state index in [1.165, 1.54) is 5.56 Å². The summed E-state index contributed by atoms with van der Waals surface area (Å²) in [5.74, 6) is 1.39. The molecule has 3 rings (SSSR count). The van der Waals surface area contributed by atoms with Gasteiger partial charge in [-0.25, -0.2) is 0 Å². The van der Waals surface area contributed by atoms with Gasteiger partial charge < -0.3 is 9.63 Å². The summed E-state index contributed by atoms with van der Waals surface area (Å²) in [7, 11) is 0. The molecule has 1 aliphatic rings. The lowest BCUT2D eigenvalue weighted by Gasteiger charge is -2.10. The molecule has 1 N–H and O–H groups in total. The van der Waals surface area contributed by atoms with Crippen molar-refractivity contribution < 1.29 is 9.63 Å². The van der Waals surface area contributed by atoms with Crippen molar-refractivity contribution in [1.29, 1.82) is 0 Å².